The van der Waals surface area contributed by atoms with Crippen LogP contribution >= 0.6 is 12.2 Å². The van der Waals surface area contributed by atoms with Crippen molar-refractivity contribution in [3.05, 3.63) is 23.9 Å². The molecule has 1 aromatic rings. The number of thiocarbonyl (C=S) groups is 1. The van der Waals surface area contributed by atoms with Crippen LogP contribution in [-0.4, -0.2) is 16.5 Å². The average molecular weight is 279 g/mol. The van der Waals surface area contributed by atoms with Crippen LogP contribution in [0.4, 0.5) is 5.82 Å². The fourth-order valence-electron chi connectivity index (χ4n) is 1.89. The first-order valence-electron chi connectivity index (χ1n) is 7.09. The second-order valence-corrected chi connectivity index (χ2v) is 5.76. The predicted octanol–water partition coefficient (Wildman–Crippen LogP) is 3.73. The molecule has 106 valence electrons. The molecule has 1 heterocycles. The van der Waals surface area contributed by atoms with Crippen molar-refractivity contribution in [2.75, 3.05) is 11.9 Å². The molecule has 0 unspecified atom stereocenters. The van der Waals surface area contributed by atoms with E-state index in [1.54, 1.807) is 6.20 Å². The minimum atomic E-state index is 0.393. The fraction of sp³-hybridized carbons (Fsp3) is 0.600. The Morgan fingerprint density at radius 3 is 2.58 bits per heavy atom. The van der Waals surface area contributed by atoms with Gasteiger partial charge in [0.1, 0.15) is 10.8 Å². The van der Waals surface area contributed by atoms with E-state index in [1.807, 2.05) is 12.1 Å². The zero-order chi connectivity index (χ0) is 14.1. The van der Waals surface area contributed by atoms with Crippen LogP contribution in [-0.2, 0) is 0 Å². The number of pyridine rings is 1. The summed E-state index contributed by atoms with van der Waals surface area (Å²) in [5.74, 6) is 1.72. The highest BCUT2D eigenvalue weighted by Crippen LogP contribution is 2.10. The second kappa shape index (κ2) is 8.86. The van der Waals surface area contributed by atoms with E-state index in [-0.39, 0.29) is 0 Å². The largest absolute Gasteiger partial charge is 0.389 e. The first-order valence-corrected chi connectivity index (χ1v) is 7.50. The molecule has 3 N–H and O–H groups in total. The van der Waals surface area contributed by atoms with Gasteiger partial charge in [-0.1, -0.05) is 51.7 Å². The maximum absolute atomic E-state index is 5.52. The summed E-state index contributed by atoms with van der Waals surface area (Å²) in [5, 5.41) is 3.32. The average Bonchev–Trinajstić information content (AvgIpc) is 2.38. The van der Waals surface area contributed by atoms with Crippen LogP contribution < -0.4 is 11.1 Å². The molecule has 0 fully saturated rings. The highest BCUT2D eigenvalue weighted by atomic mass is 32.1. The Hall–Kier alpha value is -1.16. The number of nitrogens with zero attached hydrogens (tertiary/aromatic N) is 1. The molecule has 0 saturated carbocycles. The first kappa shape index (κ1) is 15.9. The van der Waals surface area contributed by atoms with Crippen LogP contribution in [0.3, 0.4) is 0 Å². The number of anilines is 1. The molecule has 0 spiro atoms. The van der Waals surface area contributed by atoms with Crippen molar-refractivity contribution in [3.63, 3.8) is 0 Å². The highest BCUT2D eigenvalue weighted by molar-refractivity contribution is 7.80. The van der Waals surface area contributed by atoms with Gasteiger partial charge >= 0.3 is 0 Å². The van der Waals surface area contributed by atoms with E-state index in [1.165, 1.54) is 32.1 Å². The lowest BCUT2D eigenvalue weighted by Gasteiger charge is -2.07. The Morgan fingerprint density at radius 1 is 1.26 bits per heavy atom. The van der Waals surface area contributed by atoms with Gasteiger partial charge in [0, 0.05) is 18.3 Å². The third-order valence-electron chi connectivity index (χ3n) is 3.06. The van der Waals surface area contributed by atoms with E-state index in [0.717, 1.165) is 23.8 Å². The molecule has 0 aliphatic carbocycles. The zero-order valence-electron chi connectivity index (χ0n) is 12.0. The lowest BCUT2D eigenvalue weighted by Crippen LogP contribution is -2.10. The van der Waals surface area contributed by atoms with Gasteiger partial charge < -0.3 is 11.1 Å². The van der Waals surface area contributed by atoms with Crippen LogP contribution in [0.25, 0.3) is 0 Å². The van der Waals surface area contributed by atoms with Gasteiger partial charge in [0.05, 0.1) is 0 Å². The summed E-state index contributed by atoms with van der Waals surface area (Å²) in [6.07, 6.45) is 8.20. The van der Waals surface area contributed by atoms with Gasteiger partial charge in [-0.3, -0.25) is 0 Å². The summed E-state index contributed by atoms with van der Waals surface area (Å²) in [4.78, 5) is 4.67. The van der Waals surface area contributed by atoms with Crippen molar-refractivity contribution in [3.8, 4) is 0 Å². The summed E-state index contributed by atoms with van der Waals surface area (Å²) in [6, 6.07) is 3.83. The lowest BCUT2D eigenvalue weighted by atomic mass is 10.0. The molecular weight excluding hydrogens is 254 g/mol. The number of hydrogen-bond donors (Lipinski definition) is 2. The third-order valence-corrected chi connectivity index (χ3v) is 3.30. The van der Waals surface area contributed by atoms with Crippen molar-refractivity contribution >= 4 is 23.0 Å². The SMILES string of the molecule is CC(C)CCCCCCNc1ccc(C(N)=S)cn1. The Labute approximate surface area is 122 Å². The molecule has 1 rings (SSSR count). The minimum absolute atomic E-state index is 0.393. The van der Waals surface area contributed by atoms with Crippen molar-refractivity contribution in [1.82, 2.24) is 4.98 Å². The molecule has 19 heavy (non-hydrogen) atoms. The quantitative estimate of drug-likeness (QED) is 0.534. The van der Waals surface area contributed by atoms with Crippen molar-refractivity contribution in [2.24, 2.45) is 11.7 Å². The zero-order valence-corrected chi connectivity index (χ0v) is 12.8. The Morgan fingerprint density at radius 2 is 2.00 bits per heavy atom. The van der Waals surface area contributed by atoms with Crippen LogP contribution in [0.15, 0.2) is 18.3 Å². The van der Waals surface area contributed by atoms with Crippen molar-refractivity contribution < 1.29 is 0 Å². The smallest absolute Gasteiger partial charge is 0.125 e. The van der Waals surface area contributed by atoms with Gasteiger partial charge in [-0.25, -0.2) is 4.98 Å². The van der Waals surface area contributed by atoms with E-state index in [4.69, 9.17) is 18.0 Å². The van der Waals surface area contributed by atoms with E-state index in [2.05, 4.69) is 24.1 Å². The van der Waals surface area contributed by atoms with Crippen LogP contribution in [0.2, 0.25) is 0 Å². The lowest BCUT2D eigenvalue weighted by molar-refractivity contribution is 0.523. The molecular formula is C15H25N3S. The minimum Gasteiger partial charge on any atom is -0.389 e. The summed E-state index contributed by atoms with van der Waals surface area (Å²) in [6.45, 7) is 5.54. The maximum atomic E-state index is 5.52. The van der Waals surface area contributed by atoms with Gasteiger partial charge in [0.25, 0.3) is 0 Å². The van der Waals surface area contributed by atoms with E-state index >= 15 is 0 Å². The molecule has 0 bridgehead atoms. The Bertz CT molecular complexity index is 373. The van der Waals surface area contributed by atoms with Gasteiger partial charge in [-0.15, -0.1) is 0 Å². The molecule has 0 atom stereocenters. The third kappa shape index (κ3) is 7.11. The van der Waals surface area contributed by atoms with Gasteiger partial charge in [-0.2, -0.15) is 0 Å². The highest BCUT2D eigenvalue weighted by Gasteiger charge is 1.98. The topological polar surface area (TPSA) is 50.9 Å². The number of hydrogen-bond acceptors (Lipinski definition) is 3. The standard InChI is InChI=1S/C15H25N3S/c1-12(2)7-5-3-4-6-10-17-14-9-8-13(11-18-14)15(16)19/h8-9,11-12H,3-7,10H2,1-2H3,(H2,16,19)(H,17,18). The first-order chi connectivity index (χ1) is 9.09. The monoisotopic (exact) mass is 279 g/mol. The number of nitrogens with one attached hydrogen (secondary N) is 1. The van der Waals surface area contributed by atoms with E-state index in [9.17, 15) is 0 Å². The van der Waals surface area contributed by atoms with Gasteiger partial charge in [-0.05, 0) is 24.5 Å². The summed E-state index contributed by atoms with van der Waals surface area (Å²) < 4.78 is 0. The molecule has 0 aromatic carbocycles. The maximum Gasteiger partial charge on any atom is 0.125 e. The number of aromatic nitrogens is 1. The molecule has 1 aromatic heterocycles. The van der Waals surface area contributed by atoms with Crippen LogP contribution in [0.5, 0.6) is 0 Å². The number of nitrogens with two attached hydrogens (primary N) is 1. The molecule has 0 radical (unpaired) electrons. The fourth-order valence-corrected chi connectivity index (χ4v) is 2.01. The molecule has 0 amide bonds. The second-order valence-electron chi connectivity index (χ2n) is 5.32. The normalized spacial score (nSPS) is 10.7. The van der Waals surface area contributed by atoms with Gasteiger partial charge in [0.15, 0.2) is 0 Å². The molecule has 0 aliphatic rings. The Balaban J connectivity index is 2.11. The van der Waals surface area contributed by atoms with Crippen molar-refractivity contribution in [2.45, 2.75) is 46.0 Å². The number of unbranched alkanes of at least 4 members (excludes halogenated alkanes) is 3. The predicted molar refractivity (Wildman–Crippen MR) is 86.5 cm³/mol. The summed E-state index contributed by atoms with van der Waals surface area (Å²) >= 11 is 4.89. The summed E-state index contributed by atoms with van der Waals surface area (Å²) in [7, 11) is 0. The van der Waals surface area contributed by atoms with Gasteiger partial charge in [0.2, 0.25) is 0 Å². The van der Waals surface area contributed by atoms with E-state index in [0.29, 0.717) is 4.99 Å². The number of rotatable bonds is 9. The molecule has 3 nitrogen and oxygen atoms in total. The van der Waals surface area contributed by atoms with Crippen molar-refractivity contribution in [1.29, 1.82) is 0 Å². The molecule has 4 heteroatoms. The summed E-state index contributed by atoms with van der Waals surface area (Å²) in [5.41, 5.74) is 6.34. The molecule has 0 saturated heterocycles. The van der Waals surface area contributed by atoms with E-state index < -0.39 is 0 Å². The molecule has 0 aliphatic heterocycles. The Kier molecular flexibility index (Phi) is 7.41. The van der Waals surface area contributed by atoms with Crippen LogP contribution in [0, 0.1) is 5.92 Å². The van der Waals surface area contributed by atoms with Crippen LogP contribution in [0.1, 0.15) is 51.5 Å².